The maximum absolute atomic E-state index is 13.7. The predicted octanol–water partition coefficient (Wildman–Crippen LogP) is 1.81. The number of carbonyl (C=O) groups excluding carboxylic acids is 3. The van der Waals surface area contributed by atoms with E-state index in [2.05, 4.69) is 6.58 Å². The van der Waals surface area contributed by atoms with E-state index in [9.17, 15) is 19.5 Å². The van der Waals surface area contributed by atoms with Gasteiger partial charge >= 0.3 is 11.9 Å². The summed E-state index contributed by atoms with van der Waals surface area (Å²) in [7, 11) is 1.55. The first-order chi connectivity index (χ1) is 14.1. The van der Waals surface area contributed by atoms with Crippen LogP contribution in [0.2, 0.25) is 0 Å². The van der Waals surface area contributed by atoms with Crippen LogP contribution in [0.5, 0.6) is 0 Å². The summed E-state index contributed by atoms with van der Waals surface area (Å²) in [6.07, 6.45) is 1.08. The Morgan fingerprint density at radius 2 is 2.00 bits per heavy atom. The largest absolute Gasteiger partial charge is 0.465 e. The molecule has 1 aliphatic heterocycles. The van der Waals surface area contributed by atoms with Gasteiger partial charge in [-0.05, 0) is 44.1 Å². The fourth-order valence-corrected chi connectivity index (χ4v) is 8.31. The van der Waals surface area contributed by atoms with Crippen molar-refractivity contribution in [3.63, 3.8) is 0 Å². The maximum Gasteiger partial charge on any atom is 0.312 e. The first-order valence-electron chi connectivity index (χ1n) is 10.9. The lowest BCUT2D eigenvalue weighted by Gasteiger charge is -2.68. The number of fused-ring (bicyclic) bond motifs is 1. The highest BCUT2D eigenvalue weighted by Crippen LogP contribution is 2.73. The summed E-state index contributed by atoms with van der Waals surface area (Å²) in [5, 5.41) is 11.5. The molecule has 0 amide bonds. The molecule has 4 aliphatic carbocycles. The summed E-state index contributed by atoms with van der Waals surface area (Å²) in [5.74, 6) is -1.79. The van der Waals surface area contributed by atoms with Gasteiger partial charge in [0.1, 0.15) is 6.10 Å². The Balaban J connectivity index is 1.76. The number of hydrogen-bond donors (Lipinski definition) is 1. The monoisotopic (exact) mass is 418 g/mol. The van der Waals surface area contributed by atoms with Crippen LogP contribution in [0.1, 0.15) is 46.0 Å². The number of aliphatic hydroxyl groups is 1. The van der Waals surface area contributed by atoms with Crippen molar-refractivity contribution < 1.29 is 33.7 Å². The number of cyclic esters (lactones) is 1. The molecule has 0 aromatic rings. The minimum absolute atomic E-state index is 0.0657. The second-order valence-electron chi connectivity index (χ2n) is 10.3. The van der Waals surface area contributed by atoms with Crippen LogP contribution in [0.3, 0.4) is 0 Å². The minimum atomic E-state index is -1.23. The molecule has 7 nitrogen and oxygen atoms in total. The van der Waals surface area contributed by atoms with Crippen molar-refractivity contribution in [2.75, 3.05) is 13.7 Å². The van der Waals surface area contributed by atoms with E-state index in [1.165, 1.54) is 6.92 Å². The van der Waals surface area contributed by atoms with Crippen molar-refractivity contribution in [1.29, 1.82) is 0 Å². The molecule has 1 heterocycles. The van der Waals surface area contributed by atoms with Crippen molar-refractivity contribution in [1.82, 2.24) is 0 Å². The molecule has 1 saturated heterocycles. The molecule has 5 aliphatic rings. The number of carbonyl (C=O) groups is 3. The molecular weight excluding hydrogens is 388 g/mol. The number of rotatable bonds is 2. The lowest BCUT2D eigenvalue weighted by molar-refractivity contribution is -0.287. The summed E-state index contributed by atoms with van der Waals surface area (Å²) < 4.78 is 17.5. The quantitative estimate of drug-likeness (QED) is 0.539. The third kappa shape index (κ3) is 2.06. The minimum Gasteiger partial charge on any atom is -0.465 e. The van der Waals surface area contributed by atoms with E-state index in [1.54, 1.807) is 7.11 Å². The molecule has 30 heavy (non-hydrogen) atoms. The number of ether oxygens (including phenoxy) is 3. The van der Waals surface area contributed by atoms with Gasteiger partial charge in [0.05, 0.1) is 29.6 Å². The number of methoxy groups -OCH3 is 1. The number of hydrogen-bond acceptors (Lipinski definition) is 7. The molecule has 5 rings (SSSR count). The fraction of sp³-hybridized carbons (Fsp3) is 0.783. The van der Waals surface area contributed by atoms with Crippen LogP contribution in [0, 0.1) is 34.0 Å². The van der Waals surface area contributed by atoms with E-state index >= 15 is 0 Å². The van der Waals surface area contributed by atoms with E-state index in [-0.39, 0.29) is 24.3 Å². The molecule has 7 heteroatoms. The van der Waals surface area contributed by atoms with Gasteiger partial charge in [0.2, 0.25) is 0 Å². The Hall–Kier alpha value is -1.73. The Bertz CT molecular complexity index is 850. The van der Waals surface area contributed by atoms with Gasteiger partial charge in [-0.1, -0.05) is 13.0 Å². The van der Waals surface area contributed by atoms with Crippen LogP contribution in [0.25, 0.3) is 0 Å². The summed E-state index contributed by atoms with van der Waals surface area (Å²) in [5.41, 5.74) is -2.04. The smallest absolute Gasteiger partial charge is 0.312 e. The molecule has 5 fully saturated rings. The molecular formula is C23H30O7. The zero-order chi connectivity index (χ0) is 21.6. The number of aliphatic hydroxyl groups excluding tert-OH is 1. The molecule has 0 unspecified atom stereocenters. The molecule has 0 aromatic carbocycles. The Labute approximate surface area is 176 Å². The second kappa shape index (κ2) is 6.16. The van der Waals surface area contributed by atoms with Crippen molar-refractivity contribution >= 4 is 17.7 Å². The second-order valence-corrected chi connectivity index (χ2v) is 10.3. The normalized spacial score (nSPS) is 51.7. The van der Waals surface area contributed by atoms with Gasteiger partial charge in [-0.25, -0.2) is 0 Å². The van der Waals surface area contributed by atoms with Crippen LogP contribution in [0.4, 0.5) is 0 Å². The molecule has 4 saturated carbocycles. The van der Waals surface area contributed by atoms with Gasteiger partial charge in [-0.3, -0.25) is 14.4 Å². The summed E-state index contributed by atoms with van der Waals surface area (Å²) in [6, 6.07) is 0. The van der Waals surface area contributed by atoms with E-state index < -0.39 is 52.4 Å². The Morgan fingerprint density at radius 1 is 1.27 bits per heavy atom. The van der Waals surface area contributed by atoms with Crippen LogP contribution in [-0.2, 0) is 28.6 Å². The molecule has 9 atom stereocenters. The summed E-state index contributed by atoms with van der Waals surface area (Å²) in [6.45, 7) is 7.52. The standard InChI is InChI=1S/C23H30O7/c1-11-13-8-14(30-12(2)24)17-22-7-5-6-21(3,20(27)29-10-22)15(22)9-16(28-4)23(17,18(11)25)19(13)26/h13-17,19,26H,1,5-10H2,2-4H3/t13-,14-,15+,16-,17-,19+,21+,22-,23+/m0/s1. The molecule has 4 bridgehead atoms. The third-order valence-corrected chi connectivity index (χ3v) is 9.32. The van der Waals surface area contributed by atoms with E-state index in [0.29, 0.717) is 18.4 Å². The highest BCUT2D eigenvalue weighted by molar-refractivity contribution is 6.04. The van der Waals surface area contributed by atoms with Gasteiger partial charge < -0.3 is 19.3 Å². The zero-order valence-electron chi connectivity index (χ0n) is 17.8. The molecule has 1 spiro atoms. The molecule has 1 N–H and O–H groups in total. The Kier molecular flexibility index (Phi) is 4.15. The number of Topliss-reactive ketones (excluding diaryl/α,β-unsaturated/α-hetero) is 1. The van der Waals surface area contributed by atoms with Crippen molar-refractivity contribution in [3.8, 4) is 0 Å². The molecule has 164 valence electrons. The van der Waals surface area contributed by atoms with Crippen molar-refractivity contribution in [2.45, 2.75) is 64.3 Å². The average molecular weight is 418 g/mol. The van der Waals surface area contributed by atoms with Crippen LogP contribution in [-0.4, -0.2) is 54.9 Å². The lowest BCUT2D eigenvalue weighted by atomic mass is 9.38. The molecule has 0 aromatic heterocycles. The topological polar surface area (TPSA) is 99.1 Å². The van der Waals surface area contributed by atoms with Crippen molar-refractivity contribution in [3.05, 3.63) is 12.2 Å². The van der Waals surface area contributed by atoms with Gasteiger partial charge in [-0.2, -0.15) is 0 Å². The third-order valence-electron chi connectivity index (χ3n) is 9.32. The molecule has 0 radical (unpaired) electrons. The van der Waals surface area contributed by atoms with Gasteiger partial charge in [0.25, 0.3) is 0 Å². The fourth-order valence-electron chi connectivity index (χ4n) is 8.31. The highest BCUT2D eigenvalue weighted by Gasteiger charge is 2.79. The first-order valence-corrected chi connectivity index (χ1v) is 10.9. The van der Waals surface area contributed by atoms with E-state index in [0.717, 1.165) is 19.3 Å². The average Bonchev–Trinajstić information content (AvgIpc) is 2.81. The van der Waals surface area contributed by atoms with Gasteiger partial charge in [-0.15, -0.1) is 0 Å². The zero-order valence-corrected chi connectivity index (χ0v) is 17.8. The van der Waals surface area contributed by atoms with Crippen LogP contribution in [0.15, 0.2) is 12.2 Å². The van der Waals surface area contributed by atoms with E-state index in [1.807, 2.05) is 6.92 Å². The van der Waals surface area contributed by atoms with Crippen LogP contribution >= 0.6 is 0 Å². The number of esters is 2. The lowest BCUT2D eigenvalue weighted by Crippen LogP contribution is -2.74. The SMILES string of the molecule is C=C1C(=O)[C@@]23[C@@H](OC)C[C@H]4[C@@]5(CCC[C@@]4(C)C(=O)OC5)[C@@H]2[C@@H](OC(C)=O)C[C@@H]1[C@H]3O. The maximum atomic E-state index is 13.7. The van der Waals surface area contributed by atoms with E-state index in [4.69, 9.17) is 14.2 Å². The predicted molar refractivity (Wildman–Crippen MR) is 104 cm³/mol. The van der Waals surface area contributed by atoms with Crippen molar-refractivity contribution in [2.24, 2.45) is 34.0 Å². The summed E-state index contributed by atoms with van der Waals surface area (Å²) in [4.78, 5) is 38.6. The number of ketones is 1. The van der Waals surface area contributed by atoms with Gasteiger partial charge in [0.15, 0.2) is 5.78 Å². The summed E-state index contributed by atoms with van der Waals surface area (Å²) >= 11 is 0. The first kappa shape index (κ1) is 20.2. The highest BCUT2D eigenvalue weighted by atomic mass is 16.5. The van der Waals surface area contributed by atoms with Gasteiger partial charge in [0, 0.05) is 31.3 Å². The Morgan fingerprint density at radius 3 is 2.67 bits per heavy atom. The van der Waals surface area contributed by atoms with Crippen LogP contribution < -0.4 is 0 Å².